The number of nitrogens with zero attached hydrogens (tertiary/aromatic N) is 1. The Hall–Kier alpha value is -1.96. The smallest absolute Gasteiger partial charge is 0.434 e. The molecule has 1 aromatic heterocycles. The first kappa shape index (κ1) is 20.8. The number of nitrogens with two attached hydrogens (primary N) is 1. The van der Waals surface area contributed by atoms with Crippen molar-refractivity contribution in [3.63, 3.8) is 0 Å². The topological polar surface area (TPSA) is 74.4 Å². The van der Waals surface area contributed by atoms with Crippen LogP contribution in [0.25, 0.3) is 0 Å². The van der Waals surface area contributed by atoms with E-state index in [4.69, 9.17) is 15.2 Å². The summed E-state index contributed by atoms with van der Waals surface area (Å²) in [6.45, 7) is 3.00. The first-order chi connectivity index (χ1) is 13.7. The van der Waals surface area contributed by atoms with E-state index in [1.807, 2.05) is 36.4 Å². The molecule has 1 aliphatic carbocycles. The molecule has 0 saturated heterocycles. The van der Waals surface area contributed by atoms with Crippen molar-refractivity contribution in [1.82, 2.24) is 4.98 Å². The molecule has 2 N–H and O–H groups in total. The minimum Gasteiger partial charge on any atom is -0.434 e. The summed E-state index contributed by atoms with van der Waals surface area (Å²) >= 11 is 0. The largest absolute Gasteiger partial charge is 0.513 e. The molecule has 3 rings (SSSR count). The van der Waals surface area contributed by atoms with Crippen molar-refractivity contribution >= 4 is 27.7 Å². The van der Waals surface area contributed by atoms with Crippen LogP contribution in [0.2, 0.25) is 0 Å². The van der Waals surface area contributed by atoms with Gasteiger partial charge < -0.3 is 15.2 Å². The quantitative estimate of drug-likeness (QED) is 0.214. The molecule has 0 spiro atoms. The van der Waals surface area contributed by atoms with Gasteiger partial charge in [0.2, 0.25) is 0 Å². The van der Waals surface area contributed by atoms with Crippen molar-refractivity contribution in [2.75, 3.05) is 18.9 Å². The lowest BCUT2D eigenvalue weighted by molar-refractivity contribution is 0.0994. The van der Waals surface area contributed by atoms with Crippen LogP contribution in [0, 0.1) is 0 Å². The Bertz CT molecular complexity index is 828. The van der Waals surface area contributed by atoms with Gasteiger partial charge in [0, 0.05) is 24.4 Å². The standard InChI is InChI=1S/C21H24N2O3S2/c1-15-17(14-22)7-6-16-8-9-18(13-19(15)16)26-21(24)25-11-4-12-27-28-20-5-2-3-10-23-20/h2-3,5,7-10,13,15H,4,6,11-12,14,22H2,1H3. The van der Waals surface area contributed by atoms with Crippen molar-refractivity contribution in [2.45, 2.75) is 30.7 Å². The predicted octanol–water partition coefficient (Wildman–Crippen LogP) is 4.97. The number of carbonyl (C=O) groups excluding carboxylic acids is 1. The molecule has 1 atom stereocenters. The lowest BCUT2D eigenvalue weighted by Crippen LogP contribution is -2.16. The maximum absolute atomic E-state index is 11.9. The lowest BCUT2D eigenvalue weighted by atomic mass is 9.83. The van der Waals surface area contributed by atoms with E-state index in [0.29, 0.717) is 18.9 Å². The molecule has 0 aliphatic heterocycles. The van der Waals surface area contributed by atoms with Crippen molar-refractivity contribution < 1.29 is 14.3 Å². The third-order valence-corrected chi connectivity index (χ3v) is 6.89. The normalized spacial score (nSPS) is 15.5. The minimum absolute atomic E-state index is 0.238. The van der Waals surface area contributed by atoms with E-state index in [1.165, 1.54) is 11.1 Å². The number of ether oxygens (including phenoxy) is 2. The fraction of sp³-hybridized carbons (Fsp3) is 0.333. The lowest BCUT2D eigenvalue weighted by Gasteiger charge is -2.23. The van der Waals surface area contributed by atoms with Crippen LogP contribution in [0.15, 0.2) is 59.3 Å². The number of hydrogen-bond acceptors (Lipinski definition) is 7. The fourth-order valence-electron chi connectivity index (χ4n) is 3.00. The summed E-state index contributed by atoms with van der Waals surface area (Å²) in [5.41, 5.74) is 9.43. The minimum atomic E-state index is -0.666. The highest BCUT2D eigenvalue weighted by molar-refractivity contribution is 8.76. The van der Waals surface area contributed by atoms with Gasteiger partial charge in [-0.25, -0.2) is 9.78 Å². The number of benzene rings is 1. The molecule has 5 nitrogen and oxygen atoms in total. The molecule has 2 aromatic rings. The van der Waals surface area contributed by atoms with Crippen LogP contribution >= 0.6 is 21.6 Å². The van der Waals surface area contributed by atoms with Gasteiger partial charge in [-0.2, -0.15) is 0 Å². The molecule has 1 aliphatic rings. The molecule has 0 amide bonds. The Balaban J connectivity index is 1.39. The highest BCUT2D eigenvalue weighted by Crippen LogP contribution is 2.34. The highest BCUT2D eigenvalue weighted by atomic mass is 33.1. The Kier molecular flexibility index (Phi) is 7.82. The van der Waals surface area contributed by atoms with Gasteiger partial charge in [0.25, 0.3) is 0 Å². The second-order valence-corrected chi connectivity index (χ2v) is 8.83. The van der Waals surface area contributed by atoms with Gasteiger partial charge in [-0.05, 0) is 59.0 Å². The van der Waals surface area contributed by atoms with Crippen molar-refractivity contribution in [3.05, 3.63) is 65.4 Å². The molecule has 1 unspecified atom stereocenters. The molecule has 1 heterocycles. The van der Waals surface area contributed by atoms with Crippen molar-refractivity contribution in [3.8, 4) is 5.75 Å². The first-order valence-electron chi connectivity index (χ1n) is 9.24. The Labute approximate surface area is 173 Å². The van der Waals surface area contributed by atoms with Crippen molar-refractivity contribution in [1.29, 1.82) is 0 Å². The molecular formula is C21H24N2O3S2. The van der Waals surface area contributed by atoms with Crippen molar-refractivity contribution in [2.24, 2.45) is 5.73 Å². The summed E-state index contributed by atoms with van der Waals surface area (Å²) in [6, 6.07) is 11.6. The molecule has 148 valence electrons. The summed E-state index contributed by atoms with van der Waals surface area (Å²) in [7, 11) is 3.30. The summed E-state index contributed by atoms with van der Waals surface area (Å²) in [4.78, 5) is 16.2. The number of allylic oxidation sites excluding steroid dienone is 1. The molecule has 0 bridgehead atoms. The third-order valence-electron chi connectivity index (χ3n) is 4.54. The van der Waals surface area contributed by atoms with E-state index in [1.54, 1.807) is 27.8 Å². The van der Waals surface area contributed by atoms with E-state index in [9.17, 15) is 4.79 Å². The maximum atomic E-state index is 11.9. The van der Waals surface area contributed by atoms with Crippen LogP contribution in [0.4, 0.5) is 4.79 Å². The van der Waals surface area contributed by atoms with E-state index < -0.39 is 6.16 Å². The van der Waals surface area contributed by atoms with Gasteiger partial charge in [-0.3, -0.25) is 0 Å². The second-order valence-electron chi connectivity index (χ2n) is 6.40. The molecule has 0 saturated carbocycles. The number of fused-ring (bicyclic) bond motifs is 1. The number of pyridine rings is 1. The molecule has 28 heavy (non-hydrogen) atoms. The van der Waals surface area contributed by atoms with Crippen LogP contribution in [0.5, 0.6) is 5.75 Å². The monoisotopic (exact) mass is 416 g/mol. The Morgan fingerprint density at radius 2 is 2.21 bits per heavy atom. The van der Waals surface area contributed by atoms with Gasteiger partial charge in [0.1, 0.15) is 10.8 Å². The number of rotatable bonds is 8. The summed E-state index contributed by atoms with van der Waals surface area (Å²) in [5, 5.41) is 0.974. The summed E-state index contributed by atoms with van der Waals surface area (Å²) < 4.78 is 10.5. The van der Waals surface area contributed by atoms with Gasteiger partial charge in [0.15, 0.2) is 0 Å². The fourth-order valence-corrected chi connectivity index (χ4v) is 4.94. The zero-order valence-corrected chi connectivity index (χ0v) is 17.4. The van der Waals surface area contributed by atoms with E-state index in [0.717, 1.165) is 29.2 Å². The van der Waals surface area contributed by atoms with Gasteiger partial charge in [-0.1, -0.05) is 41.5 Å². The van der Waals surface area contributed by atoms with Crippen LogP contribution in [0.3, 0.4) is 0 Å². The van der Waals surface area contributed by atoms with E-state index in [2.05, 4.69) is 18.0 Å². The Morgan fingerprint density at radius 3 is 3.00 bits per heavy atom. The number of aromatic nitrogens is 1. The van der Waals surface area contributed by atoms with Crippen LogP contribution < -0.4 is 10.5 Å². The molecule has 1 aromatic carbocycles. The second kappa shape index (κ2) is 10.5. The summed E-state index contributed by atoms with van der Waals surface area (Å²) in [5.74, 6) is 1.61. The van der Waals surface area contributed by atoms with Gasteiger partial charge >= 0.3 is 6.16 Å². The average molecular weight is 417 g/mol. The zero-order valence-electron chi connectivity index (χ0n) is 15.8. The van der Waals surface area contributed by atoms with Gasteiger partial charge in [-0.15, -0.1) is 0 Å². The molecule has 0 radical (unpaired) electrons. The van der Waals surface area contributed by atoms with Crippen LogP contribution in [-0.2, 0) is 11.2 Å². The summed E-state index contributed by atoms with van der Waals surface area (Å²) in [6.07, 6.45) is 4.92. The molecular weight excluding hydrogens is 392 g/mol. The van der Waals surface area contributed by atoms with Crippen LogP contribution in [-0.4, -0.2) is 30.0 Å². The number of hydrogen-bond donors (Lipinski definition) is 1. The zero-order chi connectivity index (χ0) is 19.8. The van der Waals surface area contributed by atoms with E-state index in [-0.39, 0.29) is 5.92 Å². The third kappa shape index (κ3) is 5.77. The van der Waals surface area contributed by atoms with E-state index >= 15 is 0 Å². The number of carbonyl (C=O) groups is 1. The highest BCUT2D eigenvalue weighted by Gasteiger charge is 2.19. The molecule has 0 fully saturated rings. The maximum Gasteiger partial charge on any atom is 0.513 e. The SMILES string of the molecule is CC1C(CN)=CCc2ccc(OC(=O)OCCCSSc3ccccn3)cc21. The van der Waals surface area contributed by atoms with Crippen LogP contribution in [0.1, 0.15) is 30.4 Å². The first-order valence-corrected chi connectivity index (χ1v) is 11.6. The average Bonchev–Trinajstić information content (AvgIpc) is 2.72. The molecule has 7 heteroatoms. The predicted molar refractivity (Wildman–Crippen MR) is 115 cm³/mol. The Morgan fingerprint density at radius 1 is 1.32 bits per heavy atom. The van der Waals surface area contributed by atoms with Gasteiger partial charge in [0.05, 0.1) is 6.61 Å².